The molecule has 0 saturated carbocycles. The van der Waals surface area contributed by atoms with Crippen LogP contribution in [0.3, 0.4) is 0 Å². The number of methoxy groups -OCH3 is 1. The van der Waals surface area contributed by atoms with Gasteiger partial charge in [0.25, 0.3) is 0 Å². The molecule has 1 aromatic carbocycles. The Morgan fingerprint density at radius 1 is 1.48 bits per heavy atom. The van der Waals surface area contributed by atoms with Crippen molar-refractivity contribution >= 4 is 22.6 Å². The third-order valence-electron chi connectivity index (χ3n) is 4.50. The predicted molar refractivity (Wildman–Crippen MR) is 97.8 cm³/mol. The largest absolute Gasteiger partial charge is 0.494 e. The van der Waals surface area contributed by atoms with Crippen molar-refractivity contribution in [2.75, 3.05) is 25.6 Å². The number of hydrogen-bond donors (Lipinski definition) is 3. The van der Waals surface area contributed by atoms with Gasteiger partial charge in [-0.15, -0.1) is 0 Å². The summed E-state index contributed by atoms with van der Waals surface area (Å²) in [6.45, 7) is 0.978. The Hall–Kier alpha value is -2.91. The van der Waals surface area contributed by atoms with Crippen molar-refractivity contribution < 1.29 is 19.0 Å². The average molecular weight is 373 g/mol. The zero-order valence-corrected chi connectivity index (χ0v) is 15.0. The number of nitrogens with one attached hydrogen (secondary N) is 2. The first kappa shape index (κ1) is 17.5. The number of nitrogens with zero attached hydrogens (tertiary/aromatic N) is 3. The number of anilines is 1. The molecule has 3 heterocycles. The van der Waals surface area contributed by atoms with Gasteiger partial charge in [-0.1, -0.05) is 6.08 Å². The number of hydrogen-bond acceptors (Lipinski definition) is 6. The van der Waals surface area contributed by atoms with E-state index >= 15 is 0 Å². The van der Waals surface area contributed by atoms with Gasteiger partial charge in [0.1, 0.15) is 22.6 Å². The van der Waals surface area contributed by atoms with Crippen LogP contribution in [0.15, 0.2) is 24.5 Å². The average Bonchev–Trinajstić information content (AvgIpc) is 3.28. The number of aromatic amines is 1. The molecule has 1 aliphatic heterocycles. The highest BCUT2D eigenvalue weighted by Gasteiger charge is 2.22. The van der Waals surface area contributed by atoms with Crippen molar-refractivity contribution in [3.05, 3.63) is 41.5 Å². The summed E-state index contributed by atoms with van der Waals surface area (Å²) < 4.78 is 27.0. The zero-order chi connectivity index (χ0) is 19.0. The molecule has 2 aromatic heterocycles. The van der Waals surface area contributed by atoms with Crippen LogP contribution in [0.25, 0.3) is 16.6 Å². The molecule has 27 heavy (non-hydrogen) atoms. The van der Waals surface area contributed by atoms with Gasteiger partial charge >= 0.3 is 0 Å². The highest BCUT2D eigenvalue weighted by atomic mass is 19.1. The van der Waals surface area contributed by atoms with Gasteiger partial charge in [0.2, 0.25) is 5.95 Å². The van der Waals surface area contributed by atoms with Gasteiger partial charge in [-0.2, -0.15) is 5.10 Å². The maximum atomic E-state index is 14.8. The second-order valence-corrected chi connectivity index (χ2v) is 6.29. The van der Waals surface area contributed by atoms with E-state index in [4.69, 9.17) is 9.47 Å². The fourth-order valence-electron chi connectivity index (χ4n) is 3.19. The van der Waals surface area contributed by atoms with Gasteiger partial charge in [0.05, 0.1) is 26.5 Å². The molecular formula is C18H20FN5O3. The smallest absolute Gasteiger partial charge is 0.203 e. The van der Waals surface area contributed by atoms with Crippen molar-refractivity contribution in [1.82, 2.24) is 19.7 Å². The van der Waals surface area contributed by atoms with Gasteiger partial charge in [-0.05, 0) is 12.0 Å². The van der Waals surface area contributed by atoms with E-state index in [1.807, 2.05) is 6.08 Å². The molecule has 0 saturated heterocycles. The molecule has 142 valence electrons. The first-order valence-electron chi connectivity index (χ1n) is 8.53. The van der Waals surface area contributed by atoms with Crippen LogP contribution in [-0.4, -0.2) is 45.2 Å². The first-order valence-corrected chi connectivity index (χ1v) is 8.53. The molecule has 0 aliphatic carbocycles. The second-order valence-electron chi connectivity index (χ2n) is 6.29. The summed E-state index contributed by atoms with van der Waals surface area (Å²) in [4.78, 5) is 7.54. The number of aliphatic hydroxyl groups excluding tert-OH is 1. The molecular weight excluding hydrogens is 353 g/mol. The van der Waals surface area contributed by atoms with E-state index in [1.54, 1.807) is 24.1 Å². The molecule has 3 N–H and O–H groups in total. The van der Waals surface area contributed by atoms with Gasteiger partial charge in [-0.3, -0.25) is 4.68 Å². The fourth-order valence-corrected chi connectivity index (χ4v) is 3.19. The number of imidazole rings is 1. The monoisotopic (exact) mass is 373 g/mol. The van der Waals surface area contributed by atoms with Crippen LogP contribution in [0.1, 0.15) is 23.8 Å². The van der Waals surface area contributed by atoms with Gasteiger partial charge in [0.15, 0.2) is 6.23 Å². The molecule has 8 nitrogen and oxygen atoms in total. The van der Waals surface area contributed by atoms with E-state index in [2.05, 4.69) is 20.4 Å². The van der Waals surface area contributed by atoms with Crippen LogP contribution in [0.2, 0.25) is 0 Å². The highest BCUT2D eigenvalue weighted by Crippen LogP contribution is 2.36. The molecule has 1 aliphatic rings. The summed E-state index contributed by atoms with van der Waals surface area (Å²) in [5.41, 5.74) is 2.86. The molecule has 0 spiro atoms. The Balaban J connectivity index is 1.76. The Morgan fingerprint density at radius 3 is 3.00 bits per heavy atom. The number of aryl methyl sites for hydroxylation is 1. The quantitative estimate of drug-likeness (QED) is 0.594. The third kappa shape index (κ3) is 3.26. The van der Waals surface area contributed by atoms with E-state index in [9.17, 15) is 9.50 Å². The van der Waals surface area contributed by atoms with Crippen molar-refractivity contribution in [2.24, 2.45) is 7.05 Å². The van der Waals surface area contributed by atoms with Crippen LogP contribution >= 0.6 is 0 Å². The van der Waals surface area contributed by atoms with Crippen molar-refractivity contribution in [3.63, 3.8) is 0 Å². The molecule has 9 heteroatoms. The Morgan fingerprint density at radius 2 is 2.33 bits per heavy atom. The van der Waals surface area contributed by atoms with Gasteiger partial charge in [0, 0.05) is 30.4 Å². The SMILES string of the molecule is COc1cc(F)c(C2=CCOCC2)c2nc(NC(O)c3cnn(C)c3)[nH]c12. The van der Waals surface area contributed by atoms with E-state index in [1.165, 1.54) is 13.2 Å². The lowest BCUT2D eigenvalue weighted by Crippen LogP contribution is -2.10. The number of ether oxygens (including phenoxy) is 2. The second kappa shape index (κ2) is 7.01. The minimum Gasteiger partial charge on any atom is -0.494 e. The molecule has 0 fully saturated rings. The van der Waals surface area contributed by atoms with Crippen molar-refractivity contribution in [3.8, 4) is 5.75 Å². The lowest BCUT2D eigenvalue weighted by Gasteiger charge is -2.15. The number of benzene rings is 1. The fraction of sp³-hybridized carbons (Fsp3) is 0.333. The first-order chi connectivity index (χ1) is 13.1. The topological polar surface area (TPSA) is 97.2 Å². The molecule has 0 bridgehead atoms. The van der Waals surface area contributed by atoms with Gasteiger partial charge < -0.3 is 24.9 Å². The summed E-state index contributed by atoms with van der Waals surface area (Å²) in [7, 11) is 3.24. The maximum absolute atomic E-state index is 14.8. The van der Waals surface area contributed by atoms with Crippen LogP contribution < -0.4 is 10.1 Å². The molecule has 0 radical (unpaired) electrons. The molecule has 4 rings (SSSR count). The number of rotatable bonds is 5. The summed E-state index contributed by atoms with van der Waals surface area (Å²) in [5, 5.41) is 17.3. The molecule has 1 unspecified atom stereocenters. The maximum Gasteiger partial charge on any atom is 0.203 e. The number of fused-ring (bicyclic) bond motifs is 1. The summed E-state index contributed by atoms with van der Waals surface area (Å²) >= 11 is 0. The Kier molecular flexibility index (Phi) is 4.54. The molecule has 0 amide bonds. The summed E-state index contributed by atoms with van der Waals surface area (Å²) in [6.07, 6.45) is 4.70. The minimum absolute atomic E-state index is 0.305. The summed E-state index contributed by atoms with van der Waals surface area (Å²) in [6, 6.07) is 1.34. The van der Waals surface area contributed by atoms with E-state index in [0.717, 1.165) is 5.57 Å². The number of H-pyrrole nitrogens is 1. The minimum atomic E-state index is -1.01. The van der Waals surface area contributed by atoms with Crippen LogP contribution in [0, 0.1) is 5.82 Å². The zero-order valence-electron chi connectivity index (χ0n) is 15.0. The normalized spacial score (nSPS) is 15.6. The van der Waals surface area contributed by atoms with Crippen LogP contribution in [-0.2, 0) is 11.8 Å². The van der Waals surface area contributed by atoms with Crippen LogP contribution in [0.4, 0.5) is 10.3 Å². The van der Waals surface area contributed by atoms with Crippen molar-refractivity contribution in [1.29, 1.82) is 0 Å². The van der Waals surface area contributed by atoms with E-state index in [0.29, 0.717) is 53.5 Å². The molecule has 3 aromatic rings. The number of aromatic nitrogens is 4. The van der Waals surface area contributed by atoms with E-state index < -0.39 is 12.0 Å². The highest BCUT2D eigenvalue weighted by molar-refractivity contribution is 5.94. The Bertz CT molecular complexity index is 1010. The number of halogens is 1. The van der Waals surface area contributed by atoms with Crippen molar-refractivity contribution in [2.45, 2.75) is 12.6 Å². The lowest BCUT2D eigenvalue weighted by molar-refractivity contribution is 0.161. The summed E-state index contributed by atoms with van der Waals surface area (Å²) in [5.74, 6) is 0.243. The van der Waals surface area contributed by atoms with Crippen LogP contribution in [0.5, 0.6) is 5.75 Å². The predicted octanol–water partition coefficient (Wildman–Crippen LogP) is 2.35. The lowest BCUT2D eigenvalue weighted by atomic mass is 9.99. The number of aliphatic hydroxyl groups is 1. The van der Waals surface area contributed by atoms with Gasteiger partial charge in [-0.25, -0.2) is 9.37 Å². The Labute approximate surface area is 154 Å². The van der Waals surface area contributed by atoms with E-state index in [-0.39, 0.29) is 0 Å². The molecule has 1 atom stereocenters. The third-order valence-corrected chi connectivity index (χ3v) is 4.50. The standard InChI is InChI=1S/C18H20FN5O3/c1-24-9-11(8-20-24)17(25)23-18-21-15-13(26-2)7-12(19)14(16(15)22-18)10-3-5-27-6-4-10/h3,7-9,17,25H,4-6H2,1-2H3,(H2,21,22,23).